The van der Waals surface area contributed by atoms with Crippen LogP contribution in [0.2, 0.25) is 0 Å². The van der Waals surface area contributed by atoms with Crippen molar-refractivity contribution >= 4 is 23.6 Å². The molecule has 1 aliphatic heterocycles. The quantitative estimate of drug-likeness (QED) is 0.838. The third-order valence-electron chi connectivity index (χ3n) is 2.95. The first kappa shape index (κ1) is 13.2. The van der Waals surface area contributed by atoms with Gasteiger partial charge in [-0.25, -0.2) is 9.69 Å². The normalized spacial score (nSPS) is 25.9. The zero-order chi connectivity index (χ0) is 13.4. The maximum Gasteiger partial charge on any atom is 0.329 e. The van der Waals surface area contributed by atoms with Crippen molar-refractivity contribution in [3.63, 3.8) is 0 Å². The average molecular weight is 273 g/mol. The van der Waals surface area contributed by atoms with Crippen LogP contribution >= 0.6 is 11.8 Å². The molecule has 2 heterocycles. The molecule has 100 valence electrons. The predicted molar refractivity (Wildman–Crippen MR) is 66.1 cm³/mol. The molecule has 2 amide bonds. The Kier molecular flexibility index (Phi) is 3.51. The molecular weight excluding hydrogens is 258 g/mol. The number of carbonyl (C=O) groups excluding carboxylic acids is 1. The standard InChI is InChI=1S/C10H15N3O4S/c1-5(18-3)6-4-7(11-17-6)13-9(15)8(14)12(2)10(13)16/h4-5,8-9,14-15H,1-3H3. The van der Waals surface area contributed by atoms with Crippen LogP contribution in [0.4, 0.5) is 10.6 Å². The molecule has 0 aromatic carbocycles. The van der Waals surface area contributed by atoms with Crippen LogP contribution in [0.1, 0.15) is 17.9 Å². The predicted octanol–water partition coefficient (Wildman–Crippen LogP) is 0.607. The lowest BCUT2D eigenvalue weighted by Crippen LogP contribution is -2.36. The summed E-state index contributed by atoms with van der Waals surface area (Å²) in [6.45, 7) is 1.94. The minimum Gasteiger partial charge on any atom is -0.369 e. The summed E-state index contributed by atoms with van der Waals surface area (Å²) in [5.74, 6) is 0.813. The molecule has 1 aromatic rings. The molecule has 1 aliphatic rings. The summed E-state index contributed by atoms with van der Waals surface area (Å²) in [5.41, 5.74) is 0. The summed E-state index contributed by atoms with van der Waals surface area (Å²) in [5, 5.41) is 23.2. The van der Waals surface area contributed by atoms with Gasteiger partial charge in [0.15, 0.2) is 24.0 Å². The zero-order valence-corrected chi connectivity index (χ0v) is 11.1. The maximum absolute atomic E-state index is 11.8. The van der Waals surface area contributed by atoms with Gasteiger partial charge in [-0.1, -0.05) is 5.16 Å². The molecule has 0 radical (unpaired) electrons. The first-order valence-corrected chi connectivity index (χ1v) is 6.67. The molecular formula is C10H15N3O4S. The number of aliphatic hydroxyl groups excluding tert-OH is 2. The highest BCUT2D eigenvalue weighted by Crippen LogP contribution is 2.31. The number of aromatic nitrogens is 1. The number of hydrogen-bond acceptors (Lipinski definition) is 6. The Morgan fingerprint density at radius 1 is 1.50 bits per heavy atom. The van der Waals surface area contributed by atoms with Gasteiger partial charge >= 0.3 is 6.03 Å². The molecule has 8 heteroatoms. The molecule has 18 heavy (non-hydrogen) atoms. The van der Waals surface area contributed by atoms with Gasteiger partial charge < -0.3 is 14.7 Å². The van der Waals surface area contributed by atoms with Crippen LogP contribution in [0, 0.1) is 0 Å². The van der Waals surface area contributed by atoms with E-state index in [-0.39, 0.29) is 11.1 Å². The van der Waals surface area contributed by atoms with Crippen molar-refractivity contribution < 1.29 is 19.5 Å². The number of thioether (sulfide) groups is 1. The van der Waals surface area contributed by atoms with Crippen LogP contribution < -0.4 is 4.90 Å². The lowest BCUT2D eigenvalue weighted by Gasteiger charge is -2.15. The van der Waals surface area contributed by atoms with E-state index in [1.54, 1.807) is 17.8 Å². The lowest BCUT2D eigenvalue weighted by molar-refractivity contribution is -0.0184. The van der Waals surface area contributed by atoms with E-state index in [1.165, 1.54) is 7.05 Å². The van der Waals surface area contributed by atoms with Crippen molar-refractivity contribution in [1.29, 1.82) is 0 Å². The summed E-state index contributed by atoms with van der Waals surface area (Å²) >= 11 is 1.58. The fourth-order valence-corrected chi connectivity index (χ4v) is 2.01. The fourth-order valence-electron chi connectivity index (χ4n) is 1.66. The van der Waals surface area contributed by atoms with Crippen molar-refractivity contribution in [2.75, 3.05) is 18.2 Å². The van der Waals surface area contributed by atoms with E-state index >= 15 is 0 Å². The second-order valence-electron chi connectivity index (χ2n) is 4.06. The van der Waals surface area contributed by atoms with Crippen molar-refractivity contribution in [2.45, 2.75) is 24.6 Å². The average Bonchev–Trinajstić information content (AvgIpc) is 2.90. The number of urea groups is 1. The van der Waals surface area contributed by atoms with Crippen LogP contribution in [-0.2, 0) is 0 Å². The zero-order valence-electron chi connectivity index (χ0n) is 10.3. The highest BCUT2D eigenvalue weighted by atomic mass is 32.2. The first-order chi connectivity index (χ1) is 8.47. The number of likely N-dealkylation sites (N-methyl/N-ethyl adjacent to an activating group) is 1. The molecule has 1 saturated heterocycles. The second kappa shape index (κ2) is 4.79. The number of anilines is 1. The molecule has 0 spiro atoms. The molecule has 0 saturated carbocycles. The number of rotatable bonds is 3. The third kappa shape index (κ3) is 1.96. The van der Waals surface area contributed by atoms with Crippen LogP contribution in [0.3, 0.4) is 0 Å². The van der Waals surface area contributed by atoms with Gasteiger partial charge in [0.25, 0.3) is 0 Å². The smallest absolute Gasteiger partial charge is 0.329 e. The number of hydrogen-bond donors (Lipinski definition) is 2. The highest BCUT2D eigenvalue weighted by Gasteiger charge is 2.44. The first-order valence-electron chi connectivity index (χ1n) is 5.39. The van der Waals surface area contributed by atoms with Crippen LogP contribution in [0.15, 0.2) is 10.6 Å². The topological polar surface area (TPSA) is 90.0 Å². The molecule has 2 N–H and O–H groups in total. The summed E-state index contributed by atoms with van der Waals surface area (Å²) in [6, 6.07) is 1.07. The fraction of sp³-hybridized carbons (Fsp3) is 0.600. The Hall–Kier alpha value is -1.25. The SMILES string of the molecule is CSC(C)c1cc(N2C(=O)N(C)C(O)C2O)no1. The van der Waals surface area contributed by atoms with Gasteiger partial charge in [-0.2, -0.15) is 11.8 Å². The number of carbonyl (C=O) groups is 1. The van der Waals surface area contributed by atoms with Crippen molar-refractivity contribution in [1.82, 2.24) is 10.1 Å². The minimum absolute atomic E-state index is 0.101. The van der Waals surface area contributed by atoms with E-state index in [0.29, 0.717) is 5.76 Å². The molecule has 7 nitrogen and oxygen atoms in total. The van der Waals surface area contributed by atoms with E-state index in [9.17, 15) is 15.0 Å². The van der Waals surface area contributed by atoms with Gasteiger partial charge in [-0.3, -0.25) is 4.90 Å². The van der Waals surface area contributed by atoms with Crippen LogP contribution in [0.25, 0.3) is 0 Å². The van der Waals surface area contributed by atoms with Gasteiger partial charge in [-0.15, -0.1) is 0 Å². The van der Waals surface area contributed by atoms with Gasteiger partial charge in [0.2, 0.25) is 0 Å². The van der Waals surface area contributed by atoms with Gasteiger partial charge in [-0.05, 0) is 13.2 Å². The largest absolute Gasteiger partial charge is 0.369 e. The van der Waals surface area contributed by atoms with Crippen LogP contribution in [-0.4, -0.2) is 52.1 Å². The monoisotopic (exact) mass is 273 g/mol. The van der Waals surface area contributed by atoms with E-state index in [1.807, 2.05) is 13.2 Å². The molecule has 0 bridgehead atoms. The molecule has 3 unspecified atom stereocenters. The van der Waals surface area contributed by atoms with E-state index in [0.717, 1.165) is 9.80 Å². The minimum atomic E-state index is -1.34. The van der Waals surface area contributed by atoms with Crippen LogP contribution in [0.5, 0.6) is 0 Å². The van der Waals surface area contributed by atoms with Crippen molar-refractivity contribution in [3.8, 4) is 0 Å². The van der Waals surface area contributed by atoms with Gasteiger partial charge in [0.05, 0.1) is 5.25 Å². The summed E-state index contributed by atoms with van der Waals surface area (Å²) < 4.78 is 5.12. The lowest BCUT2D eigenvalue weighted by atomic mass is 10.3. The number of amides is 2. The van der Waals surface area contributed by atoms with Crippen molar-refractivity contribution in [3.05, 3.63) is 11.8 Å². The summed E-state index contributed by atoms with van der Waals surface area (Å²) in [6.07, 6.45) is -0.680. The van der Waals surface area contributed by atoms with E-state index < -0.39 is 18.5 Å². The van der Waals surface area contributed by atoms with E-state index in [2.05, 4.69) is 5.16 Å². The second-order valence-corrected chi connectivity index (χ2v) is 5.23. The summed E-state index contributed by atoms with van der Waals surface area (Å²) in [4.78, 5) is 13.9. The Morgan fingerprint density at radius 2 is 2.17 bits per heavy atom. The summed E-state index contributed by atoms with van der Waals surface area (Å²) in [7, 11) is 1.40. The molecule has 1 fully saturated rings. The van der Waals surface area contributed by atoms with Gasteiger partial charge in [0.1, 0.15) is 0 Å². The van der Waals surface area contributed by atoms with Gasteiger partial charge in [0, 0.05) is 13.1 Å². The Bertz CT molecular complexity index is 452. The number of nitrogens with zero attached hydrogens (tertiary/aromatic N) is 3. The Morgan fingerprint density at radius 3 is 2.67 bits per heavy atom. The third-order valence-corrected chi connectivity index (χ3v) is 3.89. The highest BCUT2D eigenvalue weighted by molar-refractivity contribution is 7.98. The van der Waals surface area contributed by atoms with E-state index in [4.69, 9.17) is 4.52 Å². The molecule has 3 atom stereocenters. The molecule has 2 rings (SSSR count). The van der Waals surface area contributed by atoms with Crippen molar-refractivity contribution in [2.24, 2.45) is 0 Å². The Labute approximate surface area is 108 Å². The maximum atomic E-state index is 11.8. The Balaban J connectivity index is 2.27. The molecule has 0 aliphatic carbocycles. The molecule has 1 aromatic heterocycles. The number of aliphatic hydroxyl groups is 2.